The van der Waals surface area contributed by atoms with Crippen molar-refractivity contribution in [1.82, 2.24) is 5.32 Å². The van der Waals surface area contributed by atoms with Crippen LogP contribution in [0.4, 0.5) is 0 Å². The van der Waals surface area contributed by atoms with Crippen LogP contribution in [0.15, 0.2) is 0 Å². The average molecular weight is 1000 g/mol. The summed E-state index contributed by atoms with van der Waals surface area (Å²) in [5.74, 6) is -0.900. The van der Waals surface area contributed by atoms with Crippen molar-refractivity contribution < 1.29 is 144 Å². The summed E-state index contributed by atoms with van der Waals surface area (Å²) in [4.78, 5) is 24.9. The van der Waals surface area contributed by atoms with E-state index in [-0.39, 0.29) is 6.29 Å². The molecule has 5 aliphatic rings. The molecule has 5 heterocycles. The van der Waals surface area contributed by atoms with Crippen LogP contribution >= 0.6 is 0 Å². The van der Waals surface area contributed by atoms with Crippen LogP contribution in [-0.4, -0.2) is 303 Å². The molecule has 18 N–H and O–H groups in total. The van der Waals surface area contributed by atoms with Crippen molar-refractivity contribution in [2.24, 2.45) is 0 Å². The van der Waals surface area contributed by atoms with Crippen molar-refractivity contribution >= 4 is 12.2 Å². The fraction of sp³-hybridized carbons (Fsp3) is 0.947. The van der Waals surface area contributed by atoms with E-state index in [2.05, 4.69) is 5.32 Å². The fourth-order valence-electron chi connectivity index (χ4n) is 8.33. The topological polar surface area (TPSA) is 482 Å². The number of hydrogen-bond donors (Lipinski definition) is 18. The molecule has 5 rings (SSSR count). The van der Waals surface area contributed by atoms with Gasteiger partial charge >= 0.3 is 0 Å². The van der Waals surface area contributed by atoms with E-state index in [1.54, 1.807) is 0 Å². The number of ether oxygens (including phenoxy) is 10. The zero-order chi connectivity index (χ0) is 50.6. The number of rotatable bonds is 19. The Balaban J connectivity index is 1.51. The lowest BCUT2D eigenvalue weighted by Crippen LogP contribution is -2.71. The highest BCUT2D eigenvalue weighted by Gasteiger charge is 2.58. The Kier molecular flexibility index (Phi) is 20.7. The molecule has 5 aliphatic heterocycles. The number of hydrogen-bond acceptors (Lipinski definition) is 29. The lowest BCUT2D eigenvalue weighted by atomic mass is 9.93. The molecule has 0 aromatic carbocycles. The second-order valence-electron chi connectivity index (χ2n) is 17.1. The Morgan fingerprint density at radius 2 is 0.941 bits per heavy atom. The van der Waals surface area contributed by atoms with E-state index < -0.39 is 210 Å². The zero-order valence-corrected chi connectivity index (χ0v) is 36.7. The number of aliphatic hydroxyl groups excluding tert-OH is 17. The summed E-state index contributed by atoms with van der Waals surface area (Å²) >= 11 is 0. The van der Waals surface area contributed by atoms with Crippen molar-refractivity contribution in [2.75, 3.05) is 26.4 Å². The van der Waals surface area contributed by atoms with Crippen LogP contribution in [0.25, 0.3) is 0 Å². The Labute approximate surface area is 386 Å². The molecule has 29 atom stereocenters. The normalized spacial score (nSPS) is 47.7. The molecule has 5 fully saturated rings. The van der Waals surface area contributed by atoms with Gasteiger partial charge in [0, 0.05) is 6.92 Å². The Morgan fingerprint density at radius 1 is 0.515 bits per heavy atom. The van der Waals surface area contributed by atoms with Gasteiger partial charge in [0.15, 0.2) is 37.7 Å². The number of aldehydes is 1. The van der Waals surface area contributed by atoms with E-state index >= 15 is 0 Å². The fourth-order valence-corrected chi connectivity index (χ4v) is 8.33. The molecule has 30 heteroatoms. The molecule has 0 radical (unpaired) electrons. The van der Waals surface area contributed by atoms with Crippen molar-refractivity contribution in [2.45, 2.75) is 199 Å². The first-order valence-electron chi connectivity index (χ1n) is 21.6. The Bertz CT molecular complexity index is 1570. The van der Waals surface area contributed by atoms with Crippen LogP contribution in [0, 0.1) is 0 Å². The van der Waals surface area contributed by atoms with E-state index in [0.29, 0.717) is 0 Å². The molecular weight excluding hydrogens is 934 g/mol. The maximum absolute atomic E-state index is 12.9. The second-order valence-corrected chi connectivity index (χ2v) is 17.1. The summed E-state index contributed by atoms with van der Waals surface area (Å²) in [7, 11) is 0. The lowest BCUT2D eigenvalue weighted by Gasteiger charge is -2.51. The first kappa shape index (κ1) is 57.0. The maximum Gasteiger partial charge on any atom is 0.217 e. The van der Waals surface area contributed by atoms with Crippen molar-refractivity contribution in [3.8, 4) is 0 Å². The van der Waals surface area contributed by atoms with Gasteiger partial charge < -0.3 is 144 Å². The monoisotopic (exact) mass is 999 g/mol. The quantitative estimate of drug-likeness (QED) is 0.0534. The third-order valence-corrected chi connectivity index (χ3v) is 12.3. The predicted molar refractivity (Wildman–Crippen MR) is 209 cm³/mol. The van der Waals surface area contributed by atoms with E-state index in [0.717, 1.165) is 6.92 Å². The highest BCUT2D eigenvalue weighted by molar-refractivity contribution is 5.73. The summed E-state index contributed by atoms with van der Waals surface area (Å²) in [6.45, 7) is -0.756. The number of aliphatic hydroxyl groups is 17. The van der Waals surface area contributed by atoms with Crippen LogP contribution in [0.5, 0.6) is 0 Å². The van der Waals surface area contributed by atoms with Gasteiger partial charge in [0.25, 0.3) is 0 Å². The van der Waals surface area contributed by atoms with Crippen molar-refractivity contribution in [3.05, 3.63) is 0 Å². The molecule has 1 amide bonds. The van der Waals surface area contributed by atoms with Gasteiger partial charge in [-0.05, 0) is 13.8 Å². The minimum Gasteiger partial charge on any atom is -0.394 e. The molecule has 68 heavy (non-hydrogen) atoms. The smallest absolute Gasteiger partial charge is 0.217 e. The summed E-state index contributed by atoms with van der Waals surface area (Å²) in [5, 5.41) is 183. The number of carbonyl (C=O) groups is 2. The zero-order valence-electron chi connectivity index (χ0n) is 36.7. The molecule has 0 unspecified atom stereocenters. The number of nitrogens with one attached hydrogen (secondary N) is 1. The van der Waals surface area contributed by atoms with Crippen LogP contribution < -0.4 is 5.32 Å². The van der Waals surface area contributed by atoms with Crippen molar-refractivity contribution in [1.29, 1.82) is 0 Å². The Morgan fingerprint density at radius 3 is 1.47 bits per heavy atom. The van der Waals surface area contributed by atoms with Crippen molar-refractivity contribution in [3.63, 3.8) is 0 Å². The van der Waals surface area contributed by atoms with Gasteiger partial charge in [-0.15, -0.1) is 0 Å². The molecular formula is C38H65NO29. The van der Waals surface area contributed by atoms with Gasteiger partial charge in [0.05, 0.1) is 38.6 Å². The highest BCUT2D eigenvalue weighted by atomic mass is 16.8. The number of carbonyl (C=O) groups excluding carboxylic acids is 2. The molecule has 5 saturated heterocycles. The number of amides is 1. The second kappa shape index (κ2) is 24.7. The van der Waals surface area contributed by atoms with Gasteiger partial charge in [-0.1, -0.05) is 0 Å². The van der Waals surface area contributed by atoms with E-state index in [9.17, 15) is 96.4 Å². The predicted octanol–water partition coefficient (Wildman–Crippen LogP) is -12.1. The van der Waals surface area contributed by atoms with Gasteiger partial charge in [0.1, 0.15) is 134 Å². The van der Waals surface area contributed by atoms with E-state index in [4.69, 9.17) is 47.4 Å². The van der Waals surface area contributed by atoms with Gasteiger partial charge in [-0.25, -0.2) is 0 Å². The first-order valence-corrected chi connectivity index (χ1v) is 21.6. The summed E-state index contributed by atoms with van der Waals surface area (Å²) in [6.07, 6.45) is -54.2. The SMILES string of the molecule is CC(=O)N[C@H]1[C@H](O[C@H]2[C@@H](O)[C@@H](CO)O[C@@H](O[C@@H]([C@H](O[C@@H]3O[C@@H](C)[C@@H](O)[C@@H](O)[C@@H]3O)[C@H](O)C=O)[C@H](O)CO)[C@@H]2O)O[C@H](CO)[C@@H](O[C@@H]2O[C@@H](C)[C@@H](O)[C@@H](O)[C@@H]2O)[C@@H]1O[C@@H]1O[C@H](CO)[C@H](O)[C@H](O)[C@H]1O. The van der Waals surface area contributed by atoms with E-state index in [1.807, 2.05) is 0 Å². The average Bonchev–Trinajstić information content (AvgIpc) is 3.31. The first-order chi connectivity index (χ1) is 32.0. The van der Waals surface area contributed by atoms with E-state index in [1.165, 1.54) is 13.8 Å². The third kappa shape index (κ3) is 12.3. The van der Waals surface area contributed by atoms with Crippen LogP contribution in [0.3, 0.4) is 0 Å². The molecule has 0 saturated carbocycles. The molecule has 30 nitrogen and oxygen atoms in total. The van der Waals surface area contributed by atoms with Crippen LogP contribution in [-0.2, 0) is 57.0 Å². The third-order valence-electron chi connectivity index (χ3n) is 12.3. The Hall–Kier alpha value is -1.94. The molecule has 0 aromatic heterocycles. The maximum atomic E-state index is 12.9. The highest BCUT2D eigenvalue weighted by Crippen LogP contribution is 2.37. The molecule has 0 aromatic rings. The standard InChI is InChI=1S/C38H65NO29/c1-9-18(48)22(52)25(55)35(59-9)64-29(12(46)4-40)30(13(47)5-41)65-38-28(58)33(21(51)15(7-43)62-38)68-34-17(39-11(3)45)32(67-37-27(57)24(54)20(50)14(6-42)61-37)31(16(8-44)63-34)66-36-26(56)23(53)19(49)10(2)60-36/h4,9-10,12-38,41-44,46-58H,5-8H2,1-3H3,(H,39,45)/t9-,10-,12+,13+,14+,15+,16+,17+,18+,19+,20-,21-,22+,23+,24-,25-,26-,27+,28+,29+,30+,31+,32+,33-,34-,35-,36-,37-,38-/m0/s1. The largest absolute Gasteiger partial charge is 0.394 e. The molecule has 0 aliphatic carbocycles. The lowest BCUT2D eigenvalue weighted by molar-refractivity contribution is -0.389. The minimum absolute atomic E-state index is 0.119. The van der Waals surface area contributed by atoms with Crippen LogP contribution in [0.2, 0.25) is 0 Å². The summed E-state index contributed by atoms with van der Waals surface area (Å²) < 4.78 is 57.6. The molecule has 396 valence electrons. The van der Waals surface area contributed by atoms with Gasteiger partial charge in [0.2, 0.25) is 5.91 Å². The van der Waals surface area contributed by atoms with Crippen LogP contribution in [0.1, 0.15) is 20.8 Å². The molecule has 0 bridgehead atoms. The van der Waals surface area contributed by atoms with Gasteiger partial charge in [-0.3, -0.25) is 4.79 Å². The summed E-state index contributed by atoms with van der Waals surface area (Å²) in [6, 6.07) is -1.85. The minimum atomic E-state index is -2.34. The molecule has 0 spiro atoms. The van der Waals surface area contributed by atoms with Gasteiger partial charge in [-0.2, -0.15) is 0 Å². The summed E-state index contributed by atoms with van der Waals surface area (Å²) in [5.41, 5.74) is 0.